The lowest BCUT2D eigenvalue weighted by molar-refractivity contribution is 0.103. The minimum absolute atomic E-state index is 0.0372. The average molecular weight is 267 g/mol. The number of hydrogen-bond donors (Lipinski definition) is 0. The monoisotopic (exact) mass is 266 g/mol. The number of halogens is 3. The highest BCUT2D eigenvalue weighted by Gasteiger charge is 2.17. The molecule has 0 aliphatic rings. The summed E-state index contributed by atoms with van der Waals surface area (Å²) in [6, 6.07) is 8.51. The van der Waals surface area contributed by atoms with E-state index >= 15 is 0 Å². The summed E-state index contributed by atoms with van der Waals surface area (Å²) in [4.78, 5) is 12.2. The SMILES string of the molecule is Cc1ccccc1C(=O)c1cc(F)c(F)cc1Cl. The van der Waals surface area contributed by atoms with Crippen molar-refractivity contribution >= 4 is 17.4 Å². The van der Waals surface area contributed by atoms with Gasteiger partial charge in [-0.1, -0.05) is 35.9 Å². The second kappa shape index (κ2) is 4.86. The Bertz CT molecular complexity index is 623. The molecule has 0 saturated heterocycles. The molecule has 0 heterocycles. The van der Waals surface area contributed by atoms with E-state index in [4.69, 9.17) is 11.6 Å². The van der Waals surface area contributed by atoms with Gasteiger partial charge < -0.3 is 0 Å². The Kier molecular flexibility index (Phi) is 3.43. The summed E-state index contributed by atoms with van der Waals surface area (Å²) >= 11 is 5.77. The topological polar surface area (TPSA) is 17.1 Å². The number of rotatable bonds is 2. The van der Waals surface area contributed by atoms with Gasteiger partial charge in [0.2, 0.25) is 0 Å². The third kappa shape index (κ3) is 2.27. The van der Waals surface area contributed by atoms with E-state index in [1.165, 1.54) is 0 Å². The summed E-state index contributed by atoms with van der Waals surface area (Å²) in [5.74, 6) is -2.57. The molecule has 2 aromatic carbocycles. The van der Waals surface area contributed by atoms with Crippen LogP contribution < -0.4 is 0 Å². The molecule has 0 aliphatic heterocycles. The van der Waals surface area contributed by atoms with Gasteiger partial charge in [0.25, 0.3) is 0 Å². The fraction of sp³-hybridized carbons (Fsp3) is 0.0714. The van der Waals surface area contributed by atoms with Crippen LogP contribution in [0.4, 0.5) is 8.78 Å². The number of carbonyl (C=O) groups excluding carboxylic acids is 1. The van der Waals surface area contributed by atoms with E-state index in [2.05, 4.69) is 0 Å². The zero-order valence-electron chi connectivity index (χ0n) is 9.51. The molecule has 0 bridgehead atoms. The Morgan fingerprint density at radius 3 is 2.33 bits per heavy atom. The minimum Gasteiger partial charge on any atom is -0.289 e. The van der Waals surface area contributed by atoms with E-state index in [9.17, 15) is 13.6 Å². The fourth-order valence-corrected chi connectivity index (χ4v) is 1.91. The molecule has 2 aromatic rings. The third-order valence-corrected chi connectivity index (χ3v) is 2.96. The van der Waals surface area contributed by atoms with Crippen LogP contribution in [0.15, 0.2) is 36.4 Å². The summed E-state index contributed by atoms with van der Waals surface area (Å²) in [5, 5.41) is -0.0952. The number of benzene rings is 2. The Labute approximate surface area is 108 Å². The molecular weight excluding hydrogens is 258 g/mol. The number of hydrogen-bond acceptors (Lipinski definition) is 1. The predicted molar refractivity (Wildman–Crippen MR) is 66.0 cm³/mol. The Morgan fingerprint density at radius 2 is 1.67 bits per heavy atom. The van der Waals surface area contributed by atoms with Crippen molar-refractivity contribution in [3.05, 3.63) is 69.7 Å². The smallest absolute Gasteiger partial charge is 0.194 e. The molecule has 0 spiro atoms. The predicted octanol–water partition coefficient (Wildman–Crippen LogP) is 4.16. The summed E-state index contributed by atoms with van der Waals surface area (Å²) in [7, 11) is 0. The minimum atomic E-state index is -1.09. The van der Waals surface area contributed by atoms with Gasteiger partial charge in [0.05, 0.1) is 5.02 Å². The maximum Gasteiger partial charge on any atom is 0.194 e. The molecule has 92 valence electrons. The van der Waals surface area contributed by atoms with Crippen LogP contribution in [-0.2, 0) is 0 Å². The molecular formula is C14H9ClF2O. The molecule has 18 heavy (non-hydrogen) atoms. The molecule has 0 amide bonds. The molecule has 0 aliphatic carbocycles. The zero-order chi connectivity index (χ0) is 13.3. The highest BCUT2D eigenvalue weighted by atomic mass is 35.5. The molecule has 2 rings (SSSR count). The first-order chi connectivity index (χ1) is 8.50. The Hall–Kier alpha value is -1.74. The zero-order valence-corrected chi connectivity index (χ0v) is 10.3. The second-order valence-corrected chi connectivity index (χ2v) is 4.30. The van der Waals surface area contributed by atoms with Gasteiger partial charge in [-0.2, -0.15) is 0 Å². The fourth-order valence-electron chi connectivity index (χ4n) is 1.67. The largest absolute Gasteiger partial charge is 0.289 e. The summed E-state index contributed by atoms with van der Waals surface area (Å²) in [5.41, 5.74) is 1.14. The molecule has 0 unspecified atom stereocenters. The summed E-state index contributed by atoms with van der Waals surface area (Å²) < 4.78 is 26.1. The van der Waals surface area contributed by atoms with Gasteiger partial charge in [0.1, 0.15) is 0 Å². The lowest BCUT2D eigenvalue weighted by Gasteiger charge is -2.07. The van der Waals surface area contributed by atoms with Gasteiger partial charge in [-0.3, -0.25) is 4.79 Å². The number of aryl methyl sites for hydroxylation is 1. The lowest BCUT2D eigenvalue weighted by Crippen LogP contribution is -2.05. The first-order valence-corrected chi connectivity index (χ1v) is 5.63. The lowest BCUT2D eigenvalue weighted by atomic mass is 9.99. The number of ketones is 1. The van der Waals surface area contributed by atoms with Gasteiger partial charge in [-0.05, 0) is 24.6 Å². The van der Waals surface area contributed by atoms with E-state index in [-0.39, 0.29) is 10.6 Å². The highest BCUT2D eigenvalue weighted by Crippen LogP contribution is 2.23. The van der Waals surface area contributed by atoms with Crippen molar-refractivity contribution in [3.63, 3.8) is 0 Å². The first-order valence-electron chi connectivity index (χ1n) is 5.25. The highest BCUT2D eigenvalue weighted by molar-refractivity contribution is 6.35. The standard InChI is InChI=1S/C14H9ClF2O/c1-8-4-2-3-5-9(8)14(18)10-6-12(16)13(17)7-11(10)15/h2-7H,1H3. The van der Waals surface area contributed by atoms with Crippen molar-refractivity contribution in [3.8, 4) is 0 Å². The van der Waals surface area contributed by atoms with Crippen LogP contribution in [0.25, 0.3) is 0 Å². The van der Waals surface area contributed by atoms with Gasteiger partial charge in [0, 0.05) is 11.1 Å². The van der Waals surface area contributed by atoms with Crippen LogP contribution >= 0.6 is 11.6 Å². The quantitative estimate of drug-likeness (QED) is 0.589. The summed E-state index contributed by atoms with van der Waals surface area (Å²) in [6.07, 6.45) is 0. The van der Waals surface area contributed by atoms with Crippen molar-refractivity contribution in [1.82, 2.24) is 0 Å². The van der Waals surface area contributed by atoms with E-state index in [1.807, 2.05) is 0 Å². The van der Waals surface area contributed by atoms with Gasteiger partial charge in [-0.25, -0.2) is 8.78 Å². The van der Waals surface area contributed by atoms with E-state index < -0.39 is 17.4 Å². The van der Waals surface area contributed by atoms with Crippen molar-refractivity contribution < 1.29 is 13.6 Å². The Balaban J connectivity index is 2.53. The third-order valence-electron chi connectivity index (χ3n) is 2.64. The average Bonchev–Trinajstić information content (AvgIpc) is 2.33. The van der Waals surface area contributed by atoms with Crippen molar-refractivity contribution in [2.24, 2.45) is 0 Å². The summed E-state index contributed by atoms with van der Waals surface area (Å²) in [6.45, 7) is 1.76. The molecule has 0 fully saturated rings. The van der Waals surface area contributed by atoms with Gasteiger partial charge in [-0.15, -0.1) is 0 Å². The maximum atomic E-state index is 13.1. The van der Waals surface area contributed by atoms with Crippen LogP contribution in [0.1, 0.15) is 21.5 Å². The first kappa shape index (κ1) is 12.7. The van der Waals surface area contributed by atoms with Crippen LogP contribution in [0.2, 0.25) is 5.02 Å². The van der Waals surface area contributed by atoms with Gasteiger partial charge in [0.15, 0.2) is 17.4 Å². The van der Waals surface area contributed by atoms with Crippen molar-refractivity contribution in [1.29, 1.82) is 0 Å². The normalized spacial score (nSPS) is 10.4. The van der Waals surface area contributed by atoms with Crippen molar-refractivity contribution in [2.75, 3.05) is 0 Å². The molecule has 0 N–H and O–H groups in total. The van der Waals surface area contributed by atoms with E-state index in [0.717, 1.165) is 17.7 Å². The molecule has 0 saturated carbocycles. The molecule has 1 nitrogen and oxygen atoms in total. The molecule has 0 aromatic heterocycles. The van der Waals surface area contributed by atoms with Gasteiger partial charge >= 0.3 is 0 Å². The van der Waals surface area contributed by atoms with Crippen LogP contribution in [0, 0.1) is 18.6 Å². The molecule has 4 heteroatoms. The van der Waals surface area contributed by atoms with E-state index in [1.54, 1.807) is 31.2 Å². The Morgan fingerprint density at radius 1 is 1.06 bits per heavy atom. The van der Waals surface area contributed by atoms with Crippen LogP contribution in [0.5, 0.6) is 0 Å². The van der Waals surface area contributed by atoms with Crippen LogP contribution in [0.3, 0.4) is 0 Å². The second-order valence-electron chi connectivity index (χ2n) is 3.89. The van der Waals surface area contributed by atoms with E-state index in [0.29, 0.717) is 5.56 Å². The molecule has 0 radical (unpaired) electrons. The maximum absolute atomic E-state index is 13.1. The number of carbonyl (C=O) groups is 1. The van der Waals surface area contributed by atoms with Crippen molar-refractivity contribution in [2.45, 2.75) is 6.92 Å². The van der Waals surface area contributed by atoms with Crippen LogP contribution in [-0.4, -0.2) is 5.78 Å². The molecule has 0 atom stereocenters.